The van der Waals surface area contributed by atoms with Crippen molar-refractivity contribution in [2.45, 2.75) is 28.1 Å². The summed E-state index contributed by atoms with van der Waals surface area (Å²) in [7, 11) is 1.63. The molecule has 7 heteroatoms. The first-order valence-electron chi connectivity index (χ1n) is 8.52. The topological polar surface area (TPSA) is 54.5 Å². The lowest BCUT2D eigenvalue weighted by molar-refractivity contribution is 0.0622. The van der Waals surface area contributed by atoms with Gasteiger partial charge in [0.2, 0.25) is 0 Å². The van der Waals surface area contributed by atoms with Gasteiger partial charge in [-0.1, -0.05) is 11.8 Å². The maximum Gasteiger partial charge on any atom is 0.261 e. The first-order valence-corrected chi connectivity index (χ1v) is 10.2. The summed E-state index contributed by atoms with van der Waals surface area (Å²) in [5.41, 5.74) is 0. The number of rotatable bonds is 5. The predicted molar refractivity (Wildman–Crippen MR) is 99.6 cm³/mol. The lowest BCUT2D eigenvalue weighted by atomic mass is 9.84. The van der Waals surface area contributed by atoms with Gasteiger partial charge < -0.3 is 15.0 Å². The van der Waals surface area contributed by atoms with Gasteiger partial charge in [0.05, 0.1) is 22.4 Å². The molecule has 3 fully saturated rings. The monoisotopic (exact) mass is 375 g/mol. The number of nitrogens with zero attached hydrogens (tertiary/aromatic N) is 2. The standard InChI is InChI=1S/C18H21N3O2S2/c1-23-13-2-4-16(19-10-13)25-17-5-3-15(24-17)18(22)20-14-11-21-8-6-12(14)7-9-21/h2-5,10,12,14H,6-9,11H2,1H3,(H,20,22). The van der Waals surface area contributed by atoms with Gasteiger partial charge in [-0.15, -0.1) is 11.3 Å². The Balaban J connectivity index is 1.37. The second-order valence-electron chi connectivity index (χ2n) is 6.47. The third-order valence-electron chi connectivity index (χ3n) is 4.93. The normalized spacial score (nSPS) is 24.9. The first-order chi connectivity index (χ1) is 12.2. The molecule has 3 aliphatic heterocycles. The van der Waals surface area contributed by atoms with Crippen LogP contribution in [0.2, 0.25) is 0 Å². The maximum absolute atomic E-state index is 12.6. The molecule has 5 rings (SSSR count). The highest BCUT2D eigenvalue weighted by atomic mass is 32.2. The lowest BCUT2D eigenvalue weighted by Crippen LogP contribution is -2.57. The van der Waals surface area contributed by atoms with E-state index in [0.29, 0.717) is 12.0 Å². The van der Waals surface area contributed by atoms with E-state index in [1.807, 2.05) is 24.3 Å². The van der Waals surface area contributed by atoms with Gasteiger partial charge >= 0.3 is 0 Å². The highest BCUT2D eigenvalue weighted by Crippen LogP contribution is 2.33. The average Bonchev–Trinajstić information content (AvgIpc) is 3.12. The number of thiophene rings is 1. The van der Waals surface area contributed by atoms with Crippen LogP contribution < -0.4 is 10.1 Å². The molecule has 0 aromatic carbocycles. The Bertz CT molecular complexity index is 739. The van der Waals surface area contributed by atoms with Gasteiger partial charge in [0.25, 0.3) is 5.91 Å². The molecule has 1 N–H and O–H groups in total. The SMILES string of the molecule is COc1ccc(Sc2ccc(C(=O)NC3CN4CCC3CC4)s2)nc1. The van der Waals surface area contributed by atoms with Crippen LogP contribution in [0.25, 0.3) is 0 Å². The number of amides is 1. The summed E-state index contributed by atoms with van der Waals surface area (Å²) in [5.74, 6) is 1.44. The van der Waals surface area contributed by atoms with Crippen molar-refractivity contribution in [3.63, 3.8) is 0 Å². The third kappa shape index (κ3) is 3.83. The fraction of sp³-hybridized carbons (Fsp3) is 0.444. The molecule has 2 aromatic rings. The molecule has 132 valence electrons. The summed E-state index contributed by atoms with van der Waals surface area (Å²) in [6.07, 6.45) is 4.12. The second kappa shape index (κ2) is 7.35. The first kappa shape index (κ1) is 16.9. The van der Waals surface area contributed by atoms with E-state index in [2.05, 4.69) is 15.2 Å². The zero-order valence-corrected chi connectivity index (χ0v) is 15.7. The quantitative estimate of drug-likeness (QED) is 0.870. The van der Waals surface area contributed by atoms with Gasteiger partial charge in [0, 0.05) is 12.6 Å². The van der Waals surface area contributed by atoms with Gasteiger partial charge in [-0.25, -0.2) is 4.98 Å². The fourth-order valence-electron chi connectivity index (χ4n) is 3.52. The zero-order valence-electron chi connectivity index (χ0n) is 14.1. The summed E-state index contributed by atoms with van der Waals surface area (Å²) in [5, 5.41) is 4.14. The number of aromatic nitrogens is 1. The molecular formula is C18H21N3O2S2. The Kier molecular flexibility index (Phi) is 4.96. The van der Waals surface area contributed by atoms with Crippen LogP contribution in [-0.2, 0) is 0 Å². The molecule has 2 aromatic heterocycles. The van der Waals surface area contributed by atoms with Gasteiger partial charge in [-0.2, -0.15) is 0 Å². The molecule has 25 heavy (non-hydrogen) atoms. The van der Waals surface area contributed by atoms with Crippen molar-refractivity contribution in [3.05, 3.63) is 35.3 Å². The zero-order chi connectivity index (χ0) is 17.2. The molecule has 0 saturated carbocycles. The summed E-state index contributed by atoms with van der Waals surface area (Å²) in [6.45, 7) is 3.37. The molecule has 1 unspecified atom stereocenters. The van der Waals surface area contributed by atoms with Crippen LogP contribution in [0.3, 0.4) is 0 Å². The Morgan fingerprint density at radius 2 is 2.16 bits per heavy atom. The van der Waals surface area contributed by atoms with Gasteiger partial charge in [0.1, 0.15) is 10.8 Å². The number of pyridine rings is 1. The van der Waals surface area contributed by atoms with Crippen LogP contribution in [0, 0.1) is 5.92 Å². The lowest BCUT2D eigenvalue weighted by Gasteiger charge is -2.44. The van der Waals surface area contributed by atoms with Crippen LogP contribution in [0.5, 0.6) is 5.75 Å². The van der Waals surface area contributed by atoms with Crippen molar-refractivity contribution in [1.29, 1.82) is 0 Å². The van der Waals surface area contributed by atoms with E-state index in [4.69, 9.17) is 4.74 Å². The van der Waals surface area contributed by atoms with E-state index < -0.39 is 0 Å². The Hall–Kier alpha value is -1.57. The molecule has 5 nitrogen and oxygen atoms in total. The molecule has 0 spiro atoms. The molecule has 1 atom stereocenters. The predicted octanol–water partition coefficient (Wildman–Crippen LogP) is 3.13. The number of nitrogens with one attached hydrogen (secondary N) is 1. The number of fused-ring (bicyclic) bond motifs is 3. The minimum atomic E-state index is 0.0540. The fourth-order valence-corrected chi connectivity index (χ4v) is 5.43. The minimum Gasteiger partial charge on any atom is -0.495 e. The van der Waals surface area contributed by atoms with Crippen LogP contribution in [-0.4, -0.2) is 48.6 Å². The Morgan fingerprint density at radius 3 is 2.80 bits per heavy atom. The van der Waals surface area contributed by atoms with Crippen molar-refractivity contribution in [1.82, 2.24) is 15.2 Å². The minimum absolute atomic E-state index is 0.0540. The van der Waals surface area contributed by atoms with Gasteiger partial charge in [-0.05, 0) is 56.1 Å². The highest BCUT2D eigenvalue weighted by molar-refractivity contribution is 8.01. The third-order valence-corrected chi connectivity index (χ3v) is 7.09. The van der Waals surface area contributed by atoms with Gasteiger partial charge in [-0.3, -0.25) is 4.79 Å². The van der Waals surface area contributed by atoms with Crippen LogP contribution >= 0.6 is 23.1 Å². The van der Waals surface area contributed by atoms with E-state index in [1.165, 1.54) is 37.3 Å². The number of hydrogen-bond donors (Lipinski definition) is 1. The van der Waals surface area contributed by atoms with Gasteiger partial charge in [0.15, 0.2) is 0 Å². The molecule has 3 aliphatic rings. The van der Waals surface area contributed by atoms with Crippen molar-refractivity contribution < 1.29 is 9.53 Å². The summed E-state index contributed by atoms with van der Waals surface area (Å²) >= 11 is 3.09. The number of carbonyl (C=O) groups is 1. The number of ether oxygens (including phenoxy) is 1. The highest BCUT2D eigenvalue weighted by Gasteiger charge is 2.35. The molecule has 5 heterocycles. The Labute approximate surface area is 155 Å². The van der Waals surface area contributed by atoms with Crippen LogP contribution in [0.1, 0.15) is 22.5 Å². The van der Waals surface area contributed by atoms with E-state index in [0.717, 1.165) is 26.4 Å². The van der Waals surface area contributed by atoms with Crippen molar-refractivity contribution in [2.75, 3.05) is 26.7 Å². The second-order valence-corrected chi connectivity index (χ2v) is 8.88. The van der Waals surface area contributed by atoms with Crippen LogP contribution in [0.4, 0.5) is 0 Å². The summed E-state index contributed by atoms with van der Waals surface area (Å²) in [6, 6.07) is 8.02. The number of hydrogen-bond acceptors (Lipinski definition) is 6. The molecule has 0 radical (unpaired) electrons. The van der Waals surface area contributed by atoms with E-state index >= 15 is 0 Å². The largest absolute Gasteiger partial charge is 0.495 e. The Morgan fingerprint density at radius 1 is 1.32 bits per heavy atom. The van der Waals surface area contributed by atoms with Crippen LogP contribution in [0.15, 0.2) is 39.7 Å². The molecule has 3 saturated heterocycles. The molecular weight excluding hydrogens is 354 g/mol. The van der Waals surface area contributed by atoms with Crippen molar-refractivity contribution in [2.24, 2.45) is 5.92 Å². The summed E-state index contributed by atoms with van der Waals surface area (Å²) in [4.78, 5) is 20.2. The van der Waals surface area contributed by atoms with E-state index in [-0.39, 0.29) is 5.91 Å². The summed E-state index contributed by atoms with van der Waals surface area (Å²) < 4.78 is 6.19. The van der Waals surface area contributed by atoms with E-state index in [1.54, 1.807) is 25.1 Å². The van der Waals surface area contributed by atoms with E-state index in [9.17, 15) is 4.79 Å². The molecule has 0 aliphatic carbocycles. The number of methoxy groups -OCH3 is 1. The molecule has 1 amide bonds. The number of piperidine rings is 3. The van der Waals surface area contributed by atoms with Crippen molar-refractivity contribution in [3.8, 4) is 5.75 Å². The number of carbonyl (C=O) groups excluding carboxylic acids is 1. The smallest absolute Gasteiger partial charge is 0.261 e. The average molecular weight is 376 g/mol. The van der Waals surface area contributed by atoms with Crippen molar-refractivity contribution >= 4 is 29.0 Å². The maximum atomic E-state index is 12.6. The molecule has 2 bridgehead atoms.